The zero-order valence-electron chi connectivity index (χ0n) is 15.8. The van der Waals surface area contributed by atoms with Crippen molar-refractivity contribution in [2.45, 2.75) is 27.0 Å². The molecule has 3 aromatic rings. The summed E-state index contributed by atoms with van der Waals surface area (Å²) in [5.41, 5.74) is 2.61. The van der Waals surface area contributed by atoms with Gasteiger partial charge in [0.1, 0.15) is 12.2 Å². The van der Waals surface area contributed by atoms with Crippen LogP contribution in [0.25, 0.3) is 0 Å². The van der Waals surface area contributed by atoms with Gasteiger partial charge in [0.2, 0.25) is 5.88 Å². The number of nitrogens with zero attached hydrogens (tertiary/aromatic N) is 2. The number of amides is 1. The monoisotopic (exact) mass is 363 g/mol. The second-order valence-electron chi connectivity index (χ2n) is 6.91. The smallest absolute Gasteiger partial charge is 0.258 e. The van der Waals surface area contributed by atoms with Gasteiger partial charge >= 0.3 is 0 Å². The summed E-state index contributed by atoms with van der Waals surface area (Å²) >= 11 is 0. The summed E-state index contributed by atoms with van der Waals surface area (Å²) in [5, 5.41) is 7.44. The first kappa shape index (κ1) is 18.7. The van der Waals surface area contributed by atoms with Crippen LogP contribution in [-0.2, 0) is 13.2 Å². The normalized spacial score (nSPS) is 10.8. The molecule has 0 radical (unpaired) electrons. The topological polar surface area (TPSA) is 56.2 Å². The van der Waals surface area contributed by atoms with E-state index < -0.39 is 0 Å². The average Bonchev–Trinajstić information content (AvgIpc) is 3.09. The van der Waals surface area contributed by atoms with E-state index in [2.05, 4.69) is 24.3 Å². The highest BCUT2D eigenvalue weighted by molar-refractivity contribution is 5.96. The Balaban J connectivity index is 1.78. The van der Waals surface area contributed by atoms with Crippen LogP contribution >= 0.6 is 0 Å². The van der Waals surface area contributed by atoms with Crippen LogP contribution in [-0.4, -0.2) is 22.2 Å². The number of nitrogens with one attached hydrogen (secondary N) is 1. The van der Waals surface area contributed by atoms with Gasteiger partial charge < -0.3 is 10.1 Å². The largest absolute Gasteiger partial charge is 0.471 e. The van der Waals surface area contributed by atoms with Crippen LogP contribution in [0.1, 0.15) is 35.3 Å². The highest BCUT2D eigenvalue weighted by atomic mass is 16.5. The minimum atomic E-state index is -0.161. The molecule has 27 heavy (non-hydrogen) atoms. The Bertz CT molecular complexity index is 858. The average molecular weight is 363 g/mol. The third-order valence-electron chi connectivity index (χ3n) is 4.05. The van der Waals surface area contributed by atoms with Crippen LogP contribution in [0.15, 0.2) is 66.9 Å². The second-order valence-corrected chi connectivity index (χ2v) is 6.91. The molecule has 3 rings (SSSR count). The maximum absolute atomic E-state index is 12.6. The lowest BCUT2D eigenvalue weighted by atomic mass is 10.2. The fraction of sp³-hybridized carbons (Fsp3) is 0.273. The van der Waals surface area contributed by atoms with Crippen molar-refractivity contribution in [3.05, 3.63) is 83.6 Å². The SMILES string of the molecule is CC(C)CNC(=O)c1cn(Cc2ccccc2)nc1OCc1ccccc1. The molecule has 1 heterocycles. The lowest BCUT2D eigenvalue weighted by Crippen LogP contribution is -2.27. The van der Waals surface area contributed by atoms with E-state index in [9.17, 15) is 4.79 Å². The first-order valence-corrected chi connectivity index (χ1v) is 9.18. The lowest BCUT2D eigenvalue weighted by molar-refractivity contribution is 0.0944. The molecule has 2 aromatic carbocycles. The molecule has 0 saturated heterocycles. The molecule has 1 N–H and O–H groups in total. The number of carbonyl (C=O) groups excluding carboxylic acids is 1. The minimum Gasteiger partial charge on any atom is -0.471 e. The molecule has 0 saturated carbocycles. The molecule has 0 aliphatic rings. The second kappa shape index (κ2) is 9.03. The number of carbonyl (C=O) groups is 1. The highest BCUT2D eigenvalue weighted by Crippen LogP contribution is 2.19. The maximum atomic E-state index is 12.6. The van der Waals surface area contributed by atoms with E-state index in [-0.39, 0.29) is 5.91 Å². The number of hydrogen-bond donors (Lipinski definition) is 1. The van der Waals surface area contributed by atoms with Gasteiger partial charge in [-0.15, -0.1) is 5.10 Å². The van der Waals surface area contributed by atoms with E-state index in [1.165, 1.54) is 0 Å². The fourth-order valence-corrected chi connectivity index (χ4v) is 2.64. The van der Waals surface area contributed by atoms with Gasteiger partial charge in [0.05, 0.1) is 6.54 Å². The molecule has 5 nitrogen and oxygen atoms in total. The van der Waals surface area contributed by atoms with Crippen molar-refractivity contribution in [2.24, 2.45) is 5.92 Å². The van der Waals surface area contributed by atoms with E-state index in [0.29, 0.717) is 37.1 Å². The molecule has 0 aliphatic heterocycles. The van der Waals surface area contributed by atoms with Crippen LogP contribution in [0.3, 0.4) is 0 Å². The van der Waals surface area contributed by atoms with E-state index in [1.807, 2.05) is 60.7 Å². The highest BCUT2D eigenvalue weighted by Gasteiger charge is 2.18. The third kappa shape index (κ3) is 5.45. The minimum absolute atomic E-state index is 0.161. The number of benzene rings is 2. The number of aromatic nitrogens is 2. The van der Waals surface area contributed by atoms with Gasteiger partial charge in [-0.25, -0.2) is 0 Å². The zero-order chi connectivity index (χ0) is 19.1. The van der Waals surface area contributed by atoms with Gasteiger partial charge in [0, 0.05) is 12.7 Å². The summed E-state index contributed by atoms with van der Waals surface area (Å²) < 4.78 is 7.63. The molecule has 0 bridgehead atoms. The molecular formula is C22H25N3O2. The molecule has 140 valence electrons. The van der Waals surface area contributed by atoms with Gasteiger partial charge in [-0.1, -0.05) is 74.5 Å². The Morgan fingerprint density at radius 2 is 1.67 bits per heavy atom. The molecule has 1 amide bonds. The lowest BCUT2D eigenvalue weighted by Gasteiger charge is -2.08. The Labute approximate surface area is 160 Å². The summed E-state index contributed by atoms with van der Waals surface area (Å²) in [6.45, 7) is 5.69. The van der Waals surface area contributed by atoms with Gasteiger partial charge in [-0.05, 0) is 17.0 Å². The Morgan fingerprint density at radius 1 is 1.04 bits per heavy atom. The molecule has 1 aromatic heterocycles. The van der Waals surface area contributed by atoms with Crippen LogP contribution in [0.2, 0.25) is 0 Å². The molecular weight excluding hydrogens is 338 g/mol. The van der Waals surface area contributed by atoms with E-state index in [0.717, 1.165) is 11.1 Å². The molecule has 0 aliphatic carbocycles. The summed E-state index contributed by atoms with van der Waals surface area (Å²) in [4.78, 5) is 12.6. The maximum Gasteiger partial charge on any atom is 0.258 e. The van der Waals surface area contributed by atoms with E-state index in [4.69, 9.17) is 4.74 Å². The van der Waals surface area contributed by atoms with Crippen molar-refractivity contribution < 1.29 is 9.53 Å². The number of hydrogen-bond acceptors (Lipinski definition) is 3. The first-order valence-electron chi connectivity index (χ1n) is 9.18. The molecule has 0 spiro atoms. The van der Waals surface area contributed by atoms with Gasteiger partial charge in [0.15, 0.2) is 0 Å². The van der Waals surface area contributed by atoms with Gasteiger partial charge in [0.25, 0.3) is 5.91 Å². The molecule has 0 atom stereocenters. The van der Waals surface area contributed by atoms with E-state index in [1.54, 1.807) is 10.9 Å². The quantitative estimate of drug-likeness (QED) is 0.660. The van der Waals surface area contributed by atoms with Crippen LogP contribution in [0.4, 0.5) is 0 Å². The predicted octanol–water partition coefficient (Wildman–Crippen LogP) is 3.90. The van der Waals surface area contributed by atoms with Crippen molar-refractivity contribution in [2.75, 3.05) is 6.54 Å². The third-order valence-corrected chi connectivity index (χ3v) is 4.05. The van der Waals surface area contributed by atoms with Crippen LogP contribution < -0.4 is 10.1 Å². The standard InChI is InChI=1S/C22H25N3O2/c1-17(2)13-23-21(26)20-15-25(14-18-9-5-3-6-10-18)24-22(20)27-16-19-11-7-4-8-12-19/h3-12,15,17H,13-14,16H2,1-2H3,(H,23,26). The zero-order valence-corrected chi connectivity index (χ0v) is 15.8. The molecule has 0 fully saturated rings. The van der Waals surface area contributed by atoms with Crippen molar-refractivity contribution in [3.8, 4) is 5.88 Å². The predicted molar refractivity (Wildman–Crippen MR) is 106 cm³/mol. The fourth-order valence-electron chi connectivity index (χ4n) is 2.64. The van der Waals surface area contributed by atoms with E-state index >= 15 is 0 Å². The summed E-state index contributed by atoms with van der Waals surface area (Å²) in [6, 6.07) is 19.9. The van der Waals surface area contributed by atoms with Gasteiger partial charge in [-0.3, -0.25) is 9.48 Å². The Hall–Kier alpha value is -3.08. The summed E-state index contributed by atoms with van der Waals surface area (Å²) in [5.74, 6) is 0.573. The Kier molecular flexibility index (Phi) is 6.26. The van der Waals surface area contributed by atoms with Crippen LogP contribution in [0.5, 0.6) is 5.88 Å². The molecule has 0 unspecified atom stereocenters. The van der Waals surface area contributed by atoms with Crippen molar-refractivity contribution in [3.63, 3.8) is 0 Å². The summed E-state index contributed by atoms with van der Waals surface area (Å²) in [6.07, 6.45) is 1.75. The first-order chi connectivity index (χ1) is 13.1. The number of rotatable bonds is 8. The molecule has 5 heteroatoms. The summed E-state index contributed by atoms with van der Waals surface area (Å²) in [7, 11) is 0. The van der Waals surface area contributed by atoms with Crippen molar-refractivity contribution >= 4 is 5.91 Å². The van der Waals surface area contributed by atoms with Crippen molar-refractivity contribution in [1.82, 2.24) is 15.1 Å². The van der Waals surface area contributed by atoms with Gasteiger partial charge in [-0.2, -0.15) is 0 Å². The number of ether oxygens (including phenoxy) is 1. The van der Waals surface area contributed by atoms with Crippen molar-refractivity contribution in [1.29, 1.82) is 0 Å². The van der Waals surface area contributed by atoms with Crippen LogP contribution in [0, 0.1) is 5.92 Å². The Morgan fingerprint density at radius 3 is 2.30 bits per heavy atom.